The largest absolute Gasteiger partial charge is 0.497 e. The first kappa shape index (κ1) is 24.0. The van der Waals surface area contributed by atoms with Gasteiger partial charge in [0.05, 0.1) is 7.11 Å². The number of piperidine rings is 1. The fourth-order valence-electron chi connectivity index (χ4n) is 4.88. The van der Waals surface area contributed by atoms with Gasteiger partial charge in [-0.25, -0.2) is 8.42 Å². The number of benzene rings is 1. The zero-order valence-electron chi connectivity index (χ0n) is 19.6. The highest BCUT2D eigenvalue weighted by atomic mass is 32.2. The van der Waals surface area contributed by atoms with Crippen LogP contribution in [0.4, 0.5) is 0 Å². The van der Waals surface area contributed by atoms with Crippen molar-refractivity contribution in [2.45, 2.75) is 36.3 Å². The second kappa shape index (κ2) is 9.71. The van der Waals surface area contributed by atoms with Crippen molar-refractivity contribution in [1.29, 1.82) is 0 Å². The second-order valence-corrected chi connectivity index (χ2v) is 12.3. The minimum atomic E-state index is -3.41. The SMILES string of the molecule is COc1ccc(-c2noc(CCC(=O)N3CCC4(CCN(S(=O)(=O)c5cccs5)CC4)C3)n2)cc1. The first-order chi connectivity index (χ1) is 16.9. The Labute approximate surface area is 208 Å². The van der Waals surface area contributed by atoms with E-state index in [0.717, 1.165) is 30.6 Å². The highest BCUT2D eigenvalue weighted by Crippen LogP contribution is 2.42. The van der Waals surface area contributed by atoms with Crippen molar-refractivity contribution in [3.8, 4) is 17.1 Å². The summed E-state index contributed by atoms with van der Waals surface area (Å²) in [4.78, 5) is 19.2. The van der Waals surface area contributed by atoms with E-state index in [-0.39, 0.29) is 11.3 Å². The van der Waals surface area contributed by atoms with E-state index < -0.39 is 10.0 Å². The third-order valence-corrected chi connectivity index (χ3v) is 10.3. The number of sulfonamides is 1. The van der Waals surface area contributed by atoms with Crippen LogP contribution in [0.1, 0.15) is 31.6 Å². The van der Waals surface area contributed by atoms with Crippen molar-refractivity contribution in [3.05, 3.63) is 47.7 Å². The molecule has 9 nitrogen and oxygen atoms in total. The van der Waals surface area contributed by atoms with Gasteiger partial charge in [0.15, 0.2) is 0 Å². The number of aromatic nitrogens is 2. The lowest BCUT2D eigenvalue weighted by molar-refractivity contribution is -0.130. The van der Waals surface area contributed by atoms with Gasteiger partial charge in [0.25, 0.3) is 10.0 Å². The molecule has 0 saturated carbocycles. The molecule has 2 aliphatic heterocycles. The third-order valence-electron chi connectivity index (χ3n) is 7.03. The third kappa shape index (κ3) is 4.98. The average molecular weight is 517 g/mol. The van der Waals surface area contributed by atoms with Crippen molar-refractivity contribution in [2.24, 2.45) is 5.41 Å². The summed E-state index contributed by atoms with van der Waals surface area (Å²) in [6.45, 7) is 2.38. The van der Waals surface area contributed by atoms with Crippen molar-refractivity contribution >= 4 is 27.3 Å². The van der Waals surface area contributed by atoms with E-state index >= 15 is 0 Å². The van der Waals surface area contributed by atoms with Crippen LogP contribution in [0.3, 0.4) is 0 Å². The van der Waals surface area contributed by atoms with Crippen molar-refractivity contribution in [2.75, 3.05) is 33.3 Å². The molecule has 35 heavy (non-hydrogen) atoms. The summed E-state index contributed by atoms with van der Waals surface area (Å²) >= 11 is 1.25. The molecule has 0 unspecified atom stereocenters. The first-order valence-electron chi connectivity index (χ1n) is 11.7. The van der Waals surface area contributed by atoms with Crippen LogP contribution in [0.5, 0.6) is 5.75 Å². The van der Waals surface area contributed by atoms with Gasteiger partial charge in [-0.1, -0.05) is 11.2 Å². The Kier molecular flexibility index (Phi) is 6.65. The molecule has 2 saturated heterocycles. The molecule has 0 aliphatic carbocycles. The van der Waals surface area contributed by atoms with Crippen LogP contribution in [-0.2, 0) is 21.2 Å². The predicted octanol–water partition coefficient (Wildman–Crippen LogP) is 3.44. The number of aryl methyl sites for hydroxylation is 1. The Bertz CT molecular complexity index is 1260. The van der Waals surface area contributed by atoms with Crippen molar-refractivity contribution < 1.29 is 22.5 Å². The van der Waals surface area contributed by atoms with E-state index in [1.165, 1.54) is 11.3 Å². The molecule has 0 atom stereocenters. The molecule has 3 aromatic rings. The molecule has 0 radical (unpaired) electrons. The highest BCUT2D eigenvalue weighted by molar-refractivity contribution is 7.91. The van der Waals surface area contributed by atoms with E-state index in [9.17, 15) is 13.2 Å². The molecule has 2 aromatic heterocycles. The Morgan fingerprint density at radius 2 is 1.89 bits per heavy atom. The average Bonchev–Trinajstić information content (AvgIpc) is 3.65. The fraction of sp³-hybridized carbons (Fsp3) is 0.458. The maximum Gasteiger partial charge on any atom is 0.252 e. The van der Waals surface area contributed by atoms with E-state index in [2.05, 4.69) is 10.1 Å². The smallest absolute Gasteiger partial charge is 0.252 e. The van der Waals surface area contributed by atoms with Gasteiger partial charge < -0.3 is 14.2 Å². The lowest BCUT2D eigenvalue weighted by Crippen LogP contribution is -2.44. The summed E-state index contributed by atoms with van der Waals surface area (Å²) in [7, 11) is -1.80. The number of methoxy groups -OCH3 is 1. The van der Waals surface area contributed by atoms with E-state index in [1.807, 2.05) is 29.2 Å². The maximum atomic E-state index is 12.9. The van der Waals surface area contributed by atoms with Gasteiger partial charge in [0.1, 0.15) is 9.96 Å². The molecule has 0 N–H and O–H groups in total. The van der Waals surface area contributed by atoms with Crippen LogP contribution in [0.2, 0.25) is 0 Å². The summed E-state index contributed by atoms with van der Waals surface area (Å²) in [6.07, 6.45) is 3.15. The summed E-state index contributed by atoms with van der Waals surface area (Å²) in [5, 5.41) is 5.81. The minimum Gasteiger partial charge on any atom is -0.497 e. The van der Waals surface area contributed by atoms with Crippen LogP contribution in [-0.4, -0.2) is 67.0 Å². The number of rotatable bonds is 7. The Morgan fingerprint density at radius 1 is 1.14 bits per heavy atom. The number of hydrogen-bond donors (Lipinski definition) is 0. The minimum absolute atomic E-state index is 0.00313. The number of carbonyl (C=O) groups excluding carboxylic acids is 1. The summed E-state index contributed by atoms with van der Waals surface area (Å²) in [5.41, 5.74) is 0.824. The van der Waals surface area contributed by atoms with E-state index in [1.54, 1.807) is 28.9 Å². The van der Waals surface area contributed by atoms with Crippen LogP contribution in [0.25, 0.3) is 11.4 Å². The van der Waals surface area contributed by atoms with Gasteiger partial charge in [-0.2, -0.15) is 9.29 Å². The van der Waals surface area contributed by atoms with Crippen LogP contribution in [0, 0.1) is 5.41 Å². The fourth-order valence-corrected chi connectivity index (χ4v) is 7.47. The number of amides is 1. The van der Waals surface area contributed by atoms with Gasteiger partial charge in [-0.15, -0.1) is 11.3 Å². The summed E-state index contributed by atoms with van der Waals surface area (Å²) in [6, 6.07) is 10.8. The molecular weight excluding hydrogens is 488 g/mol. The molecule has 2 fully saturated rings. The second-order valence-electron chi connectivity index (χ2n) is 9.14. The molecule has 186 valence electrons. The molecule has 5 rings (SSSR count). The summed E-state index contributed by atoms with van der Waals surface area (Å²) < 4.78 is 38.1. The Morgan fingerprint density at radius 3 is 2.57 bits per heavy atom. The van der Waals surface area contributed by atoms with Crippen molar-refractivity contribution in [3.63, 3.8) is 0 Å². The lowest BCUT2D eigenvalue weighted by Gasteiger charge is -2.38. The molecule has 1 amide bonds. The maximum absolute atomic E-state index is 12.9. The number of carbonyl (C=O) groups is 1. The van der Waals surface area contributed by atoms with Crippen LogP contribution in [0.15, 0.2) is 50.5 Å². The molecule has 11 heteroatoms. The van der Waals surface area contributed by atoms with E-state index in [0.29, 0.717) is 54.9 Å². The lowest BCUT2D eigenvalue weighted by atomic mass is 9.78. The van der Waals surface area contributed by atoms with Crippen LogP contribution >= 0.6 is 11.3 Å². The van der Waals surface area contributed by atoms with Gasteiger partial charge in [-0.05, 0) is 60.4 Å². The quantitative estimate of drug-likeness (QED) is 0.474. The first-order valence-corrected chi connectivity index (χ1v) is 14.0. The molecule has 2 aliphatic rings. The molecular formula is C24H28N4O5S2. The number of thiophene rings is 1. The predicted molar refractivity (Wildman–Crippen MR) is 131 cm³/mol. The molecule has 0 bridgehead atoms. The van der Waals surface area contributed by atoms with Gasteiger partial charge in [0, 0.05) is 44.6 Å². The molecule has 4 heterocycles. The summed E-state index contributed by atoms with van der Waals surface area (Å²) in [5.74, 6) is 1.74. The monoisotopic (exact) mass is 516 g/mol. The Balaban J connectivity index is 1.12. The number of ether oxygens (including phenoxy) is 1. The number of hydrogen-bond acceptors (Lipinski definition) is 8. The van der Waals surface area contributed by atoms with Gasteiger partial charge >= 0.3 is 0 Å². The molecule has 1 aromatic carbocycles. The van der Waals surface area contributed by atoms with Crippen LogP contribution < -0.4 is 4.74 Å². The van der Waals surface area contributed by atoms with Gasteiger partial charge in [0.2, 0.25) is 17.6 Å². The van der Waals surface area contributed by atoms with E-state index in [4.69, 9.17) is 9.26 Å². The molecule has 1 spiro atoms. The standard InChI is InChI=1S/C24H28N4O5S2/c1-32-19-6-4-18(5-7-19)23-25-20(33-26-23)8-9-21(29)27-13-10-24(17-27)11-14-28(15-12-24)35(30,31)22-3-2-16-34-22/h2-7,16H,8-15,17H2,1H3. The Hall–Kier alpha value is -2.76. The normalized spacial score (nSPS) is 18.3. The topological polar surface area (TPSA) is 106 Å². The number of likely N-dealkylation sites (tertiary alicyclic amines) is 1. The number of nitrogens with zero attached hydrogens (tertiary/aromatic N) is 4. The zero-order valence-corrected chi connectivity index (χ0v) is 21.2. The zero-order chi connectivity index (χ0) is 24.5. The van der Waals surface area contributed by atoms with Crippen molar-refractivity contribution in [1.82, 2.24) is 19.3 Å². The highest BCUT2D eigenvalue weighted by Gasteiger charge is 2.44. The van der Waals surface area contributed by atoms with Gasteiger partial charge in [-0.3, -0.25) is 4.79 Å².